The van der Waals surface area contributed by atoms with Crippen LogP contribution in [0.2, 0.25) is 39.3 Å². The van der Waals surface area contributed by atoms with Crippen molar-refractivity contribution in [3.05, 3.63) is 18.0 Å². The maximum atomic E-state index is 7.50. The van der Waals surface area contributed by atoms with Crippen molar-refractivity contribution in [3.63, 3.8) is 0 Å². The molecule has 1 rings (SSSR count). The van der Waals surface area contributed by atoms with E-state index in [0.717, 1.165) is 29.6 Å². The van der Waals surface area contributed by atoms with Crippen LogP contribution >= 0.6 is 0 Å². The fourth-order valence-corrected chi connectivity index (χ4v) is 2.39. The van der Waals surface area contributed by atoms with Gasteiger partial charge in [0.15, 0.2) is 0 Å². The van der Waals surface area contributed by atoms with E-state index in [9.17, 15) is 0 Å². The molecule has 0 radical (unpaired) electrons. The predicted octanol–water partition coefficient (Wildman–Crippen LogP) is 6.91. The van der Waals surface area contributed by atoms with Crippen LogP contribution in [-0.4, -0.2) is 16.1 Å². The second-order valence-electron chi connectivity index (χ2n) is 9.42. The fourth-order valence-electron chi connectivity index (χ4n) is 2.39. The zero-order chi connectivity index (χ0) is 18.9. The summed E-state index contributed by atoms with van der Waals surface area (Å²) in [6.45, 7) is 33.1. The minimum absolute atomic E-state index is 0. The maximum absolute atomic E-state index is 7.50. The molecule has 1 fully saturated rings. The van der Waals surface area contributed by atoms with Crippen molar-refractivity contribution in [1.82, 2.24) is 0 Å². The molecule has 140 valence electrons. The molecule has 0 unspecified atom stereocenters. The van der Waals surface area contributed by atoms with E-state index < -0.39 is 16.1 Å². The molecule has 2 nitrogen and oxygen atoms in total. The van der Waals surface area contributed by atoms with Crippen LogP contribution in [0, 0.1) is 53.2 Å². The van der Waals surface area contributed by atoms with Gasteiger partial charge in [0.2, 0.25) is 0 Å². The maximum Gasteiger partial charge on any atom is 2.00 e. The van der Waals surface area contributed by atoms with E-state index >= 15 is 0 Å². The summed E-state index contributed by atoms with van der Waals surface area (Å²) in [5.41, 5.74) is 4.50. The van der Waals surface area contributed by atoms with Gasteiger partial charge in [-0.05, 0) is 29.6 Å². The van der Waals surface area contributed by atoms with Crippen molar-refractivity contribution in [1.29, 1.82) is 5.59 Å². The molecule has 23 heavy (non-hydrogen) atoms. The van der Waals surface area contributed by atoms with Gasteiger partial charge in [0.25, 0.3) is 0 Å². The molecule has 5 heteroatoms. The van der Waals surface area contributed by atoms with Crippen molar-refractivity contribution in [2.75, 3.05) is 0 Å². The predicted molar refractivity (Wildman–Crippen MR) is 109 cm³/mol. The Morgan fingerprint density at radius 2 is 0.609 bits per heavy atom. The Hall–Kier alpha value is 0.722. The Morgan fingerprint density at radius 3 is 0.652 bits per heavy atom. The molecule has 0 atom stereocenters. The van der Waals surface area contributed by atoms with Crippen LogP contribution in [0.5, 0.6) is 0 Å². The minimum Gasteiger partial charge on any atom is -0.342 e. The first-order valence-electron chi connectivity index (χ1n) is 8.46. The van der Waals surface area contributed by atoms with Gasteiger partial charge in [-0.1, -0.05) is 79.5 Å². The van der Waals surface area contributed by atoms with Gasteiger partial charge < -0.3 is 13.1 Å². The monoisotopic (exact) mass is 443 g/mol. The van der Waals surface area contributed by atoms with E-state index in [0.29, 0.717) is 0 Å². The third-order valence-electron chi connectivity index (χ3n) is 4.15. The summed E-state index contributed by atoms with van der Waals surface area (Å²) >= 11 is 0. The van der Waals surface area contributed by atoms with Gasteiger partial charge in [-0.3, -0.25) is 0 Å². The first-order chi connectivity index (χ1) is 9.55. The second kappa shape index (κ2) is 14.0. The first kappa shape index (κ1) is 31.5. The largest absolute Gasteiger partial charge is 2.00 e. The summed E-state index contributed by atoms with van der Waals surface area (Å²) < 4.78 is 0. The summed E-state index contributed by atoms with van der Waals surface area (Å²) in [6.07, 6.45) is 0. The molecule has 0 aromatic heterocycles. The van der Waals surface area contributed by atoms with Crippen molar-refractivity contribution in [2.45, 2.75) is 73.9 Å². The van der Waals surface area contributed by atoms with E-state index in [-0.39, 0.29) is 21.1 Å². The Morgan fingerprint density at radius 1 is 0.565 bits per heavy atom. The van der Waals surface area contributed by atoms with Crippen LogP contribution < -0.4 is 0 Å². The number of nitroso groups, excluding NO2 is 1. The van der Waals surface area contributed by atoms with E-state index in [1.807, 2.05) is 0 Å². The Bertz CT molecular complexity index is 208. The van der Waals surface area contributed by atoms with Gasteiger partial charge in [-0.2, -0.15) is 4.91 Å². The molecule has 0 spiro atoms. The van der Waals surface area contributed by atoms with Gasteiger partial charge in [-0.25, -0.2) is 0 Å². The SMILES string of the molecule is CC1C(C)C(C)C(C)C1C.N=O.[CH2-][Si](C)(C)C.[CH2-][Si](C)(C)C.[Mo+2]. The van der Waals surface area contributed by atoms with E-state index in [1.54, 1.807) is 0 Å². The van der Waals surface area contributed by atoms with Crippen LogP contribution in [0.3, 0.4) is 0 Å². The third-order valence-corrected chi connectivity index (χ3v) is 4.15. The molecule has 1 saturated carbocycles. The van der Waals surface area contributed by atoms with Gasteiger partial charge in [0, 0.05) is 0 Å². The molecule has 0 aromatic rings. The average Bonchev–Trinajstić information content (AvgIpc) is 2.46. The smallest absolute Gasteiger partial charge is 0.342 e. The first-order valence-corrected chi connectivity index (χ1v) is 15.9. The fraction of sp³-hybridized carbons (Fsp3) is 0.889. The van der Waals surface area contributed by atoms with Crippen LogP contribution in [0.25, 0.3) is 0 Å². The number of hydrogen-bond donors (Lipinski definition) is 1. The van der Waals surface area contributed by atoms with Crippen LogP contribution in [0.1, 0.15) is 34.6 Å². The van der Waals surface area contributed by atoms with Crippen molar-refractivity contribution >= 4 is 16.1 Å². The summed E-state index contributed by atoms with van der Waals surface area (Å²) in [5, 5.41) is 0. The molecule has 0 aromatic carbocycles. The molecule has 1 aliphatic rings. The number of nitrogens with one attached hydrogen (secondary N) is 1. The van der Waals surface area contributed by atoms with Gasteiger partial charge >= 0.3 is 21.1 Å². The van der Waals surface area contributed by atoms with Gasteiger partial charge in [0.1, 0.15) is 0 Å². The Kier molecular flexibility index (Phi) is 19.1. The van der Waals surface area contributed by atoms with E-state index in [2.05, 4.69) is 92.6 Å². The molecular weight excluding hydrogens is 398 g/mol. The molecule has 1 aliphatic carbocycles. The second-order valence-corrected chi connectivity index (χ2v) is 19.7. The van der Waals surface area contributed by atoms with Crippen LogP contribution in [0.15, 0.2) is 0 Å². The summed E-state index contributed by atoms with van der Waals surface area (Å²) in [4.78, 5) is 7.50. The molecular formula is C18H43MoNOSi2. The molecule has 0 heterocycles. The molecule has 0 bridgehead atoms. The Labute approximate surface area is 164 Å². The third kappa shape index (κ3) is 22.7. The Balaban J connectivity index is -0.000000120. The van der Waals surface area contributed by atoms with Crippen molar-refractivity contribution < 1.29 is 21.1 Å². The van der Waals surface area contributed by atoms with E-state index in [4.69, 9.17) is 4.91 Å². The minimum atomic E-state index is -0.861. The van der Waals surface area contributed by atoms with Crippen molar-refractivity contribution in [3.8, 4) is 0 Å². The average molecular weight is 442 g/mol. The topological polar surface area (TPSA) is 40.9 Å². The molecule has 0 aliphatic heterocycles. The molecule has 0 amide bonds. The van der Waals surface area contributed by atoms with E-state index in [1.165, 1.54) is 0 Å². The zero-order valence-corrected chi connectivity index (χ0v) is 21.6. The van der Waals surface area contributed by atoms with Gasteiger partial charge in [-0.15, -0.1) is 16.1 Å². The summed E-state index contributed by atoms with van der Waals surface area (Å²) in [6, 6.07) is 0. The van der Waals surface area contributed by atoms with Crippen molar-refractivity contribution in [2.24, 2.45) is 29.6 Å². The normalized spacial score (nSPS) is 29.5. The number of hydrogen-bond acceptors (Lipinski definition) is 2. The van der Waals surface area contributed by atoms with Crippen LogP contribution in [0.4, 0.5) is 0 Å². The van der Waals surface area contributed by atoms with Gasteiger partial charge in [0.05, 0.1) is 0 Å². The number of rotatable bonds is 0. The quantitative estimate of drug-likeness (QED) is 0.248. The summed E-state index contributed by atoms with van der Waals surface area (Å²) in [5.74, 6) is 4.68. The summed E-state index contributed by atoms with van der Waals surface area (Å²) in [7, 11) is -1.72. The molecule has 1 N–H and O–H groups in total. The standard InChI is InChI=1S/C10H20.2C4H11Si.Mo.HNO/c1-6-7(2)9(4)10(5)8(6)3;2*1-5(2,3)4;;1-2/h6-10H,1-5H3;2*1H2,2-4H3;;1H/q;2*-1;+2;. The molecule has 0 saturated heterocycles. The zero-order valence-electron chi connectivity index (χ0n) is 17.6. The van der Waals surface area contributed by atoms with Crippen LogP contribution in [-0.2, 0) is 21.1 Å².